The van der Waals surface area contributed by atoms with E-state index in [1.54, 1.807) is 7.05 Å². The van der Waals surface area contributed by atoms with E-state index in [0.29, 0.717) is 22.2 Å². The van der Waals surface area contributed by atoms with Crippen LogP contribution in [0, 0.1) is 0 Å². The Bertz CT molecular complexity index is 959. The highest BCUT2D eigenvalue weighted by molar-refractivity contribution is 8.01. The van der Waals surface area contributed by atoms with Gasteiger partial charge in [-0.2, -0.15) is 0 Å². The quantitative estimate of drug-likeness (QED) is 0.340. The second kappa shape index (κ2) is 7.43. The van der Waals surface area contributed by atoms with Gasteiger partial charge in [-0.05, 0) is 16.0 Å². The minimum Gasteiger partial charge on any atom is -0.543 e. The summed E-state index contributed by atoms with van der Waals surface area (Å²) in [7, 11) is 3.62. The SMILES string of the molecule is Cn1nnnc1SCC1=C(C(=O)[O-])N2C(=O)[C@@H](Nc3cc[n+](C)cc3)[C@H]2SC1. The van der Waals surface area contributed by atoms with Gasteiger partial charge in [0.25, 0.3) is 5.91 Å². The molecule has 0 unspecified atom stereocenters. The first kappa shape index (κ1) is 18.7. The zero-order valence-corrected chi connectivity index (χ0v) is 16.7. The van der Waals surface area contributed by atoms with E-state index in [-0.39, 0.29) is 17.0 Å². The maximum Gasteiger partial charge on any atom is 0.253 e. The summed E-state index contributed by atoms with van der Waals surface area (Å²) in [6, 6.07) is 3.27. The Hall–Kier alpha value is -2.60. The molecular weight excluding hydrogens is 402 g/mol. The number of hydrogen-bond acceptors (Lipinski definition) is 9. The van der Waals surface area contributed by atoms with E-state index in [9.17, 15) is 14.7 Å². The lowest BCUT2D eigenvalue weighted by Gasteiger charge is -2.51. The number of aryl methyl sites for hydroxylation is 2. The summed E-state index contributed by atoms with van der Waals surface area (Å²) >= 11 is 2.86. The number of tetrazole rings is 1. The number of carbonyl (C=O) groups excluding carboxylic acids is 2. The van der Waals surface area contributed by atoms with E-state index in [4.69, 9.17) is 0 Å². The van der Waals surface area contributed by atoms with Crippen LogP contribution in [-0.2, 0) is 23.7 Å². The normalized spacial score (nSPS) is 21.4. The number of aliphatic carboxylic acids is 1. The zero-order chi connectivity index (χ0) is 19.8. The second-order valence-corrected chi connectivity index (χ2v) is 8.44. The molecule has 1 amide bonds. The van der Waals surface area contributed by atoms with Crippen molar-refractivity contribution in [2.75, 3.05) is 16.8 Å². The van der Waals surface area contributed by atoms with Gasteiger partial charge in [0, 0.05) is 36.4 Å². The summed E-state index contributed by atoms with van der Waals surface area (Å²) in [5.41, 5.74) is 1.41. The number of fused-ring (bicyclic) bond motifs is 1. The molecule has 0 bridgehead atoms. The monoisotopic (exact) mass is 419 g/mol. The Morgan fingerprint density at radius 2 is 2.21 bits per heavy atom. The van der Waals surface area contributed by atoms with Crippen molar-refractivity contribution < 1.29 is 19.3 Å². The average molecular weight is 419 g/mol. The molecule has 10 nitrogen and oxygen atoms in total. The van der Waals surface area contributed by atoms with Crippen molar-refractivity contribution in [2.24, 2.45) is 14.1 Å². The lowest BCUT2D eigenvalue weighted by Crippen LogP contribution is -2.68. The van der Waals surface area contributed by atoms with Crippen molar-refractivity contribution in [3.63, 3.8) is 0 Å². The molecule has 12 heteroatoms. The van der Waals surface area contributed by atoms with Gasteiger partial charge in [0.05, 0.1) is 11.7 Å². The number of thioether (sulfide) groups is 2. The molecule has 0 aliphatic carbocycles. The van der Waals surface area contributed by atoms with Crippen LogP contribution in [0.1, 0.15) is 0 Å². The first-order valence-electron chi connectivity index (χ1n) is 8.40. The largest absolute Gasteiger partial charge is 0.543 e. The molecule has 2 atom stereocenters. The molecule has 4 heterocycles. The number of amides is 1. The van der Waals surface area contributed by atoms with E-state index in [1.165, 1.54) is 33.1 Å². The van der Waals surface area contributed by atoms with Crippen molar-refractivity contribution in [2.45, 2.75) is 16.6 Å². The molecule has 1 N–H and O–H groups in total. The molecule has 0 saturated carbocycles. The van der Waals surface area contributed by atoms with E-state index < -0.39 is 12.0 Å². The molecule has 1 fully saturated rings. The Morgan fingerprint density at radius 3 is 2.86 bits per heavy atom. The number of rotatable bonds is 6. The fourth-order valence-corrected chi connectivity index (χ4v) is 5.39. The van der Waals surface area contributed by atoms with Gasteiger partial charge in [0.2, 0.25) is 5.16 Å². The molecule has 0 aromatic carbocycles. The predicted molar refractivity (Wildman–Crippen MR) is 99.7 cm³/mol. The third-order valence-electron chi connectivity index (χ3n) is 4.50. The van der Waals surface area contributed by atoms with Crippen molar-refractivity contribution in [1.29, 1.82) is 0 Å². The summed E-state index contributed by atoms with van der Waals surface area (Å²) in [6.45, 7) is 0. The van der Waals surface area contributed by atoms with Crippen molar-refractivity contribution >= 4 is 41.1 Å². The zero-order valence-electron chi connectivity index (χ0n) is 15.1. The van der Waals surface area contributed by atoms with Crippen LogP contribution in [0.4, 0.5) is 5.69 Å². The van der Waals surface area contributed by atoms with Crippen LogP contribution >= 0.6 is 23.5 Å². The fraction of sp³-hybridized carbons (Fsp3) is 0.375. The number of anilines is 1. The number of nitrogens with one attached hydrogen (secondary N) is 1. The van der Waals surface area contributed by atoms with Gasteiger partial charge in [0.15, 0.2) is 12.4 Å². The molecular formula is C16H17N7O3S2. The maximum atomic E-state index is 12.7. The number of carboxylic acids is 1. The highest BCUT2D eigenvalue weighted by atomic mass is 32.2. The summed E-state index contributed by atoms with van der Waals surface area (Å²) in [5, 5.41) is 26.5. The highest BCUT2D eigenvalue weighted by Crippen LogP contribution is 2.42. The van der Waals surface area contributed by atoms with Crippen LogP contribution in [0.5, 0.6) is 0 Å². The van der Waals surface area contributed by atoms with Crippen LogP contribution in [-0.4, -0.2) is 59.9 Å². The van der Waals surface area contributed by atoms with Gasteiger partial charge in [0.1, 0.15) is 18.5 Å². The van der Waals surface area contributed by atoms with Gasteiger partial charge >= 0.3 is 0 Å². The van der Waals surface area contributed by atoms with Crippen LogP contribution in [0.25, 0.3) is 0 Å². The molecule has 0 spiro atoms. The Balaban J connectivity index is 1.51. The standard InChI is InChI=1S/C16H17N7O3S2/c1-21-5-3-10(4-6-21)17-11-13(24)23-12(15(25)26)9(7-27-14(11)23)8-28-16-18-19-20-22(16)2/h3-6,11,14H,7-8H2,1-2H3,(H,25,26)/t11-,14-/m1/s1. The fourth-order valence-electron chi connectivity index (χ4n) is 3.05. The molecule has 4 rings (SSSR count). The van der Waals surface area contributed by atoms with E-state index in [1.807, 2.05) is 36.1 Å². The minimum atomic E-state index is -1.34. The van der Waals surface area contributed by atoms with Crippen LogP contribution in [0.2, 0.25) is 0 Å². The predicted octanol–water partition coefficient (Wildman–Crippen LogP) is -1.47. The van der Waals surface area contributed by atoms with Gasteiger partial charge in [-0.1, -0.05) is 11.8 Å². The topological polar surface area (TPSA) is 120 Å². The summed E-state index contributed by atoms with van der Waals surface area (Å²) in [5.74, 6) is -0.741. The minimum absolute atomic E-state index is 0.0334. The first-order valence-corrected chi connectivity index (χ1v) is 10.4. The Morgan fingerprint density at radius 1 is 1.46 bits per heavy atom. The molecule has 0 radical (unpaired) electrons. The Kier molecular flexibility index (Phi) is 4.98. The van der Waals surface area contributed by atoms with Gasteiger partial charge in [-0.15, -0.1) is 16.9 Å². The molecule has 2 aliphatic heterocycles. The second-order valence-electron chi connectivity index (χ2n) is 6.40. The van der Waals surface area contributed by atoms with Crippen molar-refractivity contribution in [3.05, 3.63) is 35.8 Å². The number of hydrogen-bond donors (Lipinski definition) is 1. The molecule has 1 saturated heterocycles. The third kappa shape index (κ3) is 3.33. The van der Waals surface area contributed by atoms with Crippen LogP contribution < -0.4 is 15.0 Å². The average Bonchev–Trinajstić information content (AvgIpc) is 3.09. The number of carboxylic acid groups (broad SMARTS) is 1. The molecule has 146 valence electrons. The van der Waals surface area contributed by atoms with Crippen molar-refractivity contribution in [1.82, 2.24) is 25.1 Å². The maximum absolute atomic E-state index is 12.7. The van der Waals surface area contributed by atoms with E-state index in [2.05, 4.69) is 20.8 Å². The summed E-state index contributed by atoms with van der Waals surface area (Å²) < 4.78 is 3.40. The number of pyridine rings is 1. The third-order valence-corrected chi connectivity index (χ3v) is 6.93. The summed E-state index contributed by atoms with van der Waals surface area (Å²) in [6.07, 6.45) is 3.75. The van der Waals surface area contributed by atoms with E-state index >= 15 is 0 Å². The van der Waals surface area contributed by atoms with Gasteiger partial charge in [-0.25, -0.2) is 9.25 Å². The first-order chi connectivity index (χ1) is 13.5. The number of aromatic nitrogens is 5. The van der Waals surface area contributed by atoms with E-state index in [0.717, 1.165) is 5.69 Å². The lowest BCUT2D eigenvalue weighted by molar-refractivity contribution is -0.671. The smallest absolute Gasteiger partial charge is 0.253 e. The van der Waals surface area contributed by atoms with Gasteiger partial charge in [-0.3, -0.25) is 9.69 Å². The van der Waals surface area contributed by atoms with Crippen LogP contribution in [0.3, 0.4) is 0 Å². The van der Waals surface area contributed by atoms with Crippen LogP contribution in [0.15, 0.2) is 41.0 Å². The number of β-lactam (4-membered cyclic amide) rings is 1. The molecule has 2 aliphatic rings. The van der Waals surface area contributed by atoms with Gasteiger partial charge < -0.3 is 15.2 Å². The number of nitrogens with zero attached hydrogens (tertiary/aromatic N) is 6. The number of carbonyl (C=O) groups is 2. The molecule has 2 aromatic heterocycles. The lowest BCUT2D eigenvalue weighted by atomic mass is 10.0. The molecule has 2 aromatic rings. The molecule has 28 heavy (non-hydrogen) atoms. The van der Waals surface area contributed by atoms with Crippen molar-refractivity contribution in [3.8, 4) is 0 Å². The Labute approximate surface area is 169 Å². The highest BCUT2D eigenvalue weighted by Gasteiger charge is 2.52. The summed E-state index contributed by atoms with van der Waals surface area (Å²) in [4.78, 5) is 25.8.